The summed E-state index contributed by atoms with van der Waals surface area (Å²) in [5.74, 6) is 0.998. The minimum Gasteiger partial charge on any atom is -0.356 e. The predicted molar refractivity (Wildman–Crippen MR) is 94.7 cm³/mol. The van der Waals surface area contributed by atoms with Crippen LogP contribution in [-0.2, 0) is 4.79 Å². The van der Waals surface area contributed by atoms with Crippen molar-refractivity contribution in [3.63, 3.8) is 0 Å². The number of hydrogen-bond acceptors (Lipinski definition) is 2. The quantitative estimate of drug-likeness (QED) is 0.451. The highest BCUT2D eigenvalue weighted by atomic mass is 127. The van der Waals surface area contributed by atoms with E-state index in [4.69, 9.17) is 0 Å². The molecule has 5 nitrogen and oxygen atoms in total. The maximum absolute atomic E-state index is 12.4. The lowest BCUT2D eigenvalue weighted by Gasteiger charge is -2.49. The third kappa shape index (κ3) is 4.49. The minimum atomic E-state index is -0.173. The number of nitrogens with one attached hydrogen (secondary N) is 1. The van der Waals surface area contributed by atoms with Crippen molar-refractivity contribution in [2.24, 2.45) is 4.99 Å². The van der Waals surface area contributed by atoms with Crippen LogP contribution in [0.4, 0.5) is 0 Å². The zero-order valence-electron chi connectivity index (χ0n) is 13.6. The van der Waals surface area contributed by atoms with Gasteiger partial charge in [0.05, 0.1) is 12.1 Å². The monoisotopic (exact) mass is 396 g/mol. The van der Waals surface area contributed by atoms with Gasteiger partial charge < -0.3 is 15.1 Å². The van der Waals surface area contributed by atoms with Crippen molar-refractivity contribution in [3.8, 4) is 0 Å². The Kier molecular flexibility index (Phi) is 7.83. The SMILES string of the molecule is CCCNC(=NC)N1CC(=O)N(C(C)C)C(C)(C)C1.I. The second kappa shape index (κ2) is 8.05. The van der Waals surface area contributed by atoms with E-state index in [2.05, 4.69) is 49.8 Å². The highest BCUT2D eigenvalue weighted by Crippen LogP contribution is 2.24. The molecular formula is C14H29IN4O. The van der Waals surface area contributed by atoms with Crippen LogP contribution in [0.3, 0.4) is 0 Å². The van der Waals surface area contributed by atoms with Gasteiger partial charge >= 0.3 is 0 Å². The molecule has 0 aliphatic carbocycles. The summed E-state index contributed by atoms with van der Waals surface area (Å²) in [6, 6.07) is 0.232. The molecule has 0 radical (unpaired) electrons. The standard InChI is InChI=1S/C14H28N4O.HI/c1-7-8-16-13(15-6)17-9-12(19)18(11(2)3)14(4,5)10-17;/h11H,7-10H2,1-6H3,(H,15,16);1H. The van der Waals surface area contributed by atoms with Crippen LogP contribution in [0.15, 0.2) is 4.99 Å². The van der Waals surface area contributed by atoms with Crippen LogP contribution < -0.4 is 5.32 Å². The van der Waals surface area contributed by atoms with Crippen LogP contribution in [0.2, 0.25) is 0 Å². The van der Waals surface area contributed by atoms with Gasteiger partial charge in [0.15, 0.2) is 5.96 Å². The van der Waals surface area contributed by atoms with Crippen molar-refractivity contribution in [2.75, 3.05) is 26.7 Å². The summed E-state index contributed by atoms with van der Waals surface area (Å²) in [5.41, 5.74) is -0.173. The summed E-state index contributed by atoms with van der Waals surface area (Å²) in [7, 11) is 1.77. The zero-order valence-corrected chi connectivity index (χ0v) is 15.9. The molecule has 1 aliphatic heterocycles. The first-order valence-electron chi connectivity index (χ1n) is 7.11. The molecule has 0 atom stereocenters. The van der Waals surface area contributed by atoms with Crippen molar-refractivity contribution in [1.82, 2.24) is 15.1 Å². The highest BCUT2D eigenvalue weighted by molar-refractivity contribution is 14.0. The van der Waals surface area contributed by atoms with E-state index in [9.17, 15) is 4.79 Å². The fourth-order valence-corrected chi connectivity index (χ4v) is 2.88. The molecule has 0 unspecified atom stereocenters. The maximum Gasteiger partial charge on any atom is 0.242 e. The number of halogens is 1. The Labute approximate surface area is 140 Å². The molecule has 0 bridgehead atoms. The first-order chi connectivity index (χ1) is 8.83. The van der Waals surface area contributed by atoms with E-state index in [0.717, 1.165) is 25.5 Å². The summed E-state index contributed by atoms with van der Waals surface area (Å²) in [6.45, 7) is 12.6. The van der Waals surface area contributed by atoms with Gasteiger partial charge in [-0.15, -0.1) is 24.0 Å². The minimum absolute atomic E-state index is 0. The second-order valence-corrected chi connectivity index (χ2v) is 6.00. The van der Waals surface area contributed by atoms with Crippen molar-refractivity contribution in [2.45, 2.75) is 52.6 Å². The van der Waals surface area contributed by atoms with Gasteiger partial charge in [0.25, 0.3) is 0 Å². The van der Waals surface area contributed by atoms with Crippen LogP contribution in [-0.4, -0.2) is 59.9 Å². The average molecular weight is 396 g/mol. The third-order valence-electron chi connectivity index (χ3n) is 3.39. The predicted octanol–water partition coefficient (Wildman–Crippen LogP) is 1.92. The van der Waals surface area contributed by atoms with E-state index in [1.807, 2.05) is 4.90 Å². The summed E-state index contributed by atoms with van der Waals surface area (Å²) < 4.78 is 0. The Bertz CT molecular complexity index is 355. The van der Waals surface area contributed by atoms with Gasteiger partial charge in [-0.3, -0.25) is 9.79 Å². The summed E-state index contributed by atoms with van der Waals surface area (Å²) in [6.07, 6.45) is 1.04. The van der Waals surface area contributed by atoms with E-state index >= 15 is 0 Å². The number of aliphatic imine (C=N–C) groups is 1. The number of carbonyl (C=O) groups excluding carboxylic acids is 1. The number of nitrogens with zero attached hydrogens (tertiary/aromatic N) is 3. The highest BCUT2D eigenvalue weighted by Gasteiger charge is 2.40. The van der Waals surface area contributed by atoms with Gasteiger partial charge in [-0.05, 0) is 34.1 Å². The molecule has 20 heavy (non-hydrogen) atoms. The third-order valence-corrected chi connectivity index (χ3v) is 3.39. The molecule has 0 spiro atoms. The molecule has 1 fully saturated rings. The molecule has 1 aliphatic rings. The van der Waals surface area contributed by atoms with Gasteiger partial charge in [0.1, 0.15) is 0 Å². The van der Waals surface area contributed by atoms with Gasteiger partial charge in [-0.1, -0.05) is 6.92 Å². The van der Waals surface area contributed by atoms with Gasteiger partial charge in [-0.25, -0.2) is 0 Å². The van der Waals surface area contributed by atoms with Crippen LogP contribution in [0, 0.1) is 0 Å². The molecule has 1 saturated heterocycles. The van der Waals surface area contributed by atoms with E-state index < -0.39 is 0 Å². The summed E-state index contributed by atoms with van der Waals surface area (Å²) >= 11 is 0. The summed E-state index contributed by atoms with van der Waals surface area (Å²) in [5, 5.41) is 3.30. The first kappa shape index (κ1) is 19.5. The fraction of sp³-hybridized carbons (Fsp3) is 0.857. The Morgan fingerprint density at radius 1 is 1.45 bits per heavy atom. The Hall–Kier alpha value is -0.530. The molecule has 0 aromatic carbocycles. The molecule has 1 heterocycles. The van der Waals surface area contributed by atoms with Gasteiger partial charge in [-0.2, -0.15) is 0 Å². The van der Waals surface area contributed by atoms with E-state index in [1.165, 1.54) is 0 Å². The lowest BCUT2D eigenvalue weighted by molar-refractivity contribution is -0.145. The number of hydrogen-bond donors (Lipinski definition) is 1. The smallest absolute Gasteiger partial charge is 0.242 e. The Balaban J connectivity index is 0.00000361. The lowest BCUT2D eigenvalue weighted by Crippen LogP contribution is -2.66. The maximum atomic E-state index is 12.4. The van der Waals surface area contributed by atoms with Gasteiger partial charge in [0.2, 0.25) is 5.91 Å². The van der Waals surface area contributed by atoms with Crippen LogP contribution in [0.1, 0.15) is 41.0 Å². The van der Waals surface area contributed by atoms with Crippen molar-refractivity contribution in [1.29, 1.82) is 0 Å². The number of guanidine groups is 1. The molecule has 1 N–H and O–H groups in total. The summed E-state index contributed by atoms with van der Waals surface area (Å²) in [4.78, 5) is 20.7. The van der Waals surface area contributed by atoms with Crippen LogP contribution in [0.25, 0.3) is 0 Å². The molecular weight excluding hydrogens is 367 g/mol. The molecule has 0 aromatic rings. The van der Waals surface area contributed by atoms with E-state index in [-0.39, 0.29) is 41.5 Å². The van der Waals surface area contributed by atoms with Crippen LogP contribution in [0.5, 0.6) is 0 Å². The average Bonchev–Trinajstić information content (AvgIpc) is 2.27. The van der Waals surface area contributed by atoms with Crippen molar-refractivity contribution < 1.29 is 4.79 Å². The molecule has 118 valence electrons. The Morgan fingerprint density at radius 2 is 2.05 bits per heavy atom. The normalized spacial score (nSPS) is 19.1. The number of rotatable bonds is 3. The zero-order chi connectivity index (χ0) is 14.6. The Morgan fingerprint density at radius 3 is 2.45 bits per heavy atom. The van der Waals surface area contributed by atoms with Crippen molar-refractivity contribution in [3.05, 3.63) is 0 Å². The molecule has 6 heteroatoms. The lowest BCUT2D eigenvalue weighted by atomic mass is 9.96. The second-order valence-electron chi connectivity index (χ2n) is 6.00. The van der Waals surface area contributed by atoms with E-state index in [1.54, 1.807) is 7.05 Å². The van der Waals surface area contributed by atoms with Crippen LogP contribution >= 0.6 is 24.0 Å². The molecule has 0 saturated carbocycles. The number of amides is 1. The molecule has 1 rings (SSSR count). The fourth-order valence-electron chi connectivity index (χ4n) is 2.88. The van der Waals surface area contributed by atoms with Crippen molar-refractivity contribution >= 4 is 35.8 Å². The van der Waals surface area contributed by atoms with Gasteiger partial charge in [0, 0.05) is 26.2 Å². The molecule has 1 amide bonds. The number of piperazine rings is 1. The molecule has 0 aromatic heterocycles. The first-order valence-corrected chi connectivity index (χ1v) is 7.11. The number of carbonyl (C=O) groups is 1. The van der Waals surface area contributed by atoms with E-state index in [0.29, 0.717) is 6.54 Å². The largest absolute Gasteiger partial charge is 0.356 e. The topological polar surface area (TPSA) is 47.9 Å².